The molecule has 5 heteroatoms. The molecule has 3 unspecified atom stereocenters. The molecule has 1 aromatic heterocycles. The summed E-state index contributed by atoms with van der Waals surface area (Å²) in [7, 11) is 0. The minimum Gasteiger partial charge on any atom is -0.335 e. The Kier molecular flexibility index (Phi) is 5.15. The van der Waals surface area contributed by atoms with E-state index in [2.05, 4.69) is 18.7 Å². The number of benzene rings is 2. The first-order chi connectivity index (χ1) is 13.5. The second-order valence-corrected chi connectivity index (χ2v) is 8.31. The molecule has 0 N–H and O–H groups in total. The molecule has 1 fully saturated rings. The Hall–Kier alpha value is -2.33. The number of rotatable bonds is 3. The molecule has 3 aromatic rings. The van der Waals surface area contributed by atoms with E-state index < -0.39 is 0 Å². The second kappa shape index (κ2) is 7.59. The lowest BCUT2D eigenvalue weighted by Gasteiger charge is -2.40. The van der Waals surface area contributed by atoms with E-state index in [4.69, 9.17) is 16.7 Å². The van der Waals surface area contributed by atoms with Gasteiger partial charge in [0.05, 0.1) is 5.52 Å². The first-order valence-electron chi connectivity index (χ1n) is 10.0. The monoisotopic (exact) mass is 395 g/mol. The van der Waals surface area contributed by atoms with Gasteiger partial charge in [-0.3, -0.25) is 9.48 Å². The van der Waals surface area contributed by atoms with Crippen molar-refractivity contribution >= 4 is 28.4 Å². The minimum absolute atomic E-state index is 0.138. The third-order valence-electron chi connectivity index (χ3n) is 5.89. The topological polar surface area (TPSA) is 38.1 Å². The van der Waals surface area contributed by atoms with Crippen molar-refractivity contribution in [3.05, 3.63) is 53.6 Å². The van der Waals surface area contributed by atoms with Crippen LogP contribution in [0.5, 0.6) is 0 Å². The maximum Gasteiger partial charge on any atom is 0.247 e. The highest BCUT2D eigenvalue weighted by atomic mass is 35.5. The Morgan fingerprint density at radius 2 is 1.79 bits per heavy atom. The summed E-state index contributed by atoms with van der Waals surface area (Å²) in [5, 5.41) is 6.52. The number of likely N-dealkylation sites (tertiary alicyclic amines) is 1. The number of fused-ring (bicyclic) bond motifs is 1. The third-order valence-corrected chi connectivity index (χ3v) is 6.12. The lowest BCUT2D eigenvalue weighted by molar-refractivity contribution is -0.140. The highest BCUT2D eigenvalue weighted by Crippen LogP contribution is 2.33. The fourth-order valence-corrected chi connectivity index (χ4v) is 4.57. The lowest BCUT2D eigenvalue weighted by atomic mass is 9.96. The summed E-state index contributed by atoms with van der Waals surface area (Å²) in [5.41, 5.74) is 2.81. The summed E-state index contributed by atoms with van der Waals surface area (Å²) in [6, 6.07) is 16.0. The van der Waals surface area contributed by atoms with Crippen molar-refractivity contribution < 1.29 is 4.79 Å². The Bertz CT molecular complexity index is 988. The van der Waals surface area contributed by atoms with Gasteiger partial charge in [0.15, 0.2) is 0 Å². The molecule has 28 heavy (non-hydrogen) atoms. The lowest BCUT2D eigenvalue weighted by Crippen LogP contribution is -2.49. The van der Waals surface area contributed by atoms with Crippen LogP contribution in [0.25, 0.3) is 22.2 Å². The predicted octanol–water partition coefficient (Wildman–Crippen LogP) is 5.71. The number of aromatic nitrogens is 2. The van der Waals surface area contributed by atoms with Crippen LogP contribution in [0.3, 0.4) is 0 Å². The summed E-state index contributed by atoms with van der Waals surface area (Å²) in [6.07, 6.45) is 3.31. The van der Waals surface area contributed by atoms with Gasteiger partial charge >= 0.3 is 0 Å². The van der Waals surface area contributed by atoms with Crippen molar-refractivity contribution in [1.29, 1.82) is 0 Å². The summed E-state index contributed by atoms with van der Waals surface area (Å²) in [4.78, 5) is 15.5. The molecule has 2 aromatic carbocycles. The normalized spacial score (nSPS) is 21.1. The molecular weight excluding hydrogens is 370 g/mol. The zero-order valence-electron chi connectivity index (χ0n) is 16.6. The molecule has 0 radical (unpaired) electrons. The van der Waals surface area contributed by atoms with Gasteiger partial charge in [0.2, 0.25) is 5.91 Å². The number of hydrogen-bond acceptors (Lipinski definition) is 2. The molecule has 0 saturated carbocycles. The van der Waals surface area contributed by atoms with Crippen LogP contribution in [0.2, 0.25) is 5.02 Å². The molecule has 1 saturated heterocycles. The number of nitrogens with zero attached hydrogens (tertiary/aromatic N) is 3. The van der Waals surface area contributed by atoms with Crippen LogP contribution < -0.4 is 0 Å². The smallest absolute Gasteiger partial charge is 0.247 e. The van der Waals surface area contributed by atoms with E-state index in [0.29, 0.717) is 5.02 Å². The van der Waals surface area contributed by atoms with Crippen LogP contribution in [0, 0.1) is 0 Å². The van der Waals surface area contributed by atoms with Crippen molar-refractivity contribution in [1.82, 2.24) is 14.7 Å². The van der Waals surface area contributed by atoms with E-state index in [9.17, 15) is 4.79 Å². The highest BCUT2D eigenvalue weighted by molar-refractivity contribution is 6.31. The van der Waals surface area contributed by atoms with Gasteiger partial charge in [-0.1, -0.05) is 41.9 Å². The van der Waals surface area contributed by atoms with Gasteiger partial charge in [-0.2, -0.15) is 5.10 Å². The molecule has 0 spiro atoms. The van der Waals surface area contributed by atoms with E-state index in [1.807, 2.05) is 60.1 Å². The number of hydrogen-bond donors (Lipinski definition) is 0. The van der Waals surface area contributed by atoms with Crippen molar-refractivity contribution in [3.8, 4) is 11.3 Å². The van der Waals surface area contributed by atoms with Crippen molar-refractivity contribution in [3.63, 3.8) is 0 Å². The maximum absolute atomic E-state index is 13.4. The van der Waals surface area contributed by atoms with Crippen LogP contribution in [0.15, 0.2) is 48.5 Å². The number of carbonyl (C=O) groups excluding carboxylic acids is 1. The number of piperidine rings is 1. The van der Waals surface area contributed by atoms with Gasteiger partial charge in [0.25, 0.3) is 0 Å². The van der Waals surface area contributed by atoms with Crippen LogP contribution in [-0.2, 0) is 4.79 Å². The zero-order valence-corrected chi connectivity index (χ0v) is 17.4. The Morgan fingerprint density at radius 1 is 1.11 bits per heavy atom. The summed E-state index contributed by atoms with van der Waals surface area (Å²) < 4.78 is 1.87. The van der Waals surface area contributed by atoms with Crippen molar-refractivity contribution in [2.45, 2.75) is 58.2 Å². The summed E-state index contributed by atoms with van der Waals surface area (Å²) >= 11 is 6.28. The van der Waals surface area contributed by atoms with E-state index in [1.54, 1.807) is 0 Å². The number of amides is 1. The fraction of sp³-hybridized carbons (Fsp3) is 0.391. The van der Waals surface area contributed by atoms with E-state index in [1.165, 1.54) is 6.42 Å². The molecular formula is C23H26ClN3O. The standard InChI is InChI=1S/C23H26ClN3O/c1-15-8-7-9-16(2)26(15)23(28)17(3)27-21-13-12-19(24)14-20(21)22(25-27)18-10-5-4-6-11-18/h4-6,10-17H,7-9H2,1-3H3. The van der Waals surface area contributed by atoms with Gasteiger partial charge in [-0.05, 0) is 58.2 Å². The van der Waals surface area contributed by atoms with Gasteiger partial charge in [0, 0.05) is 28.1 Å². The maximum atomic E-state index is 13.4. The molecule has 0 aliphatic carbocycles. The molecule has 0 bridgehead atoms. The van der Waals surface area contributed by atoms with Crippen molar-refractivity contribution in [2.75, 3.05) is 0 Å². The fourth-order valence-electron chi connectivity index (χ4n) is 4.39. The molecule has 3 atom stereocenters. The number of halogens is 1. The van der Waals surface area contributed by atoms with Crippen LogP contribution in [0.1, 0.15) is 46.1 Å². The zero-order chi connectivity index (χ0) is 19.8. The molecule has 2 heterocycles. The molecule has 146 valence electrons. The van der Waals surface area contributed by atoms with Crippen LogP contribution in [0.4, 0.5) is 0 Å². The van der Waals surface area contributed by atoms with Gasteiger partial charge in [-0.25, -0.2) is 0 Å². The molecule has 4 nitrogen and oxygen atoms in total. The SMILES string of the molecule is CC1CCCC(C)N1C(=O)C(C)n1nc(-c2ccccc2)c2cc(Cl)ccc21. The Morgan fingerprint density at radius 3 is 2.46 bits per heavy atom. The summed E-state index contributed by atoms with van der Waals surface area (Å²) in [5.74, 6) is 0.138. The quantitative estimate of drug-likeness (QED) is 0.569. The first-order valence-corrected chi connectivity index (χ1v) is 10.4. The average molecular weight is 396 g/mol. The van der Waals surface area contributed by atoms with Crippen molar-refractivity contribution in [2.24, 2.45) is 0 Å². The minimum atomic E-state index is -0.371. The van der Waals surface area contributed by atoms with E-state index in [-0.39, 0.29) is 24.0 Å². The third kappa shape index (κ3) is 3.30. The highest BCUT2D eigenvalue weighted by Gasteiger charge is 2.33. The van der Waals surface area contributed by atoms with Gasteiger partial charge in [0.1, 0.15) is 11.7 Å². The molecule has 4 rings (SSSR count). The predicted molar refractivity (Wildman–Crippen MR) is 115 cm³/mol. The average Bonchev–Trinajstić information content (AvgIpc) is 3.06. The molecule has 1 amide bonds. The molecule has 1 aliphatic rings. The number of carbonyl (C=O) groups is 1. The molecule has 1 aliphatic heterocycles. The van der Waals surface area contributed by atoms with Gasteiger partial charge < -0.3 is 4.90 Å². The Labute approximate surface area is 171 Å². The van der Waals surface area contributed by atoms with Crippen LogP contribution >= 0.6 is 11.6 Å². The first kappa shape index (κ1) is 19.0. The van der Waals surface area contributed by atoms with E-state index in [0.717, 1.165) is 35.0 Å². The Balaban J connectivity index is 1.79. The van der Waals surface area contributed by atoms with Crippen LogP contribution in [-0.4, -0.2) is 32.7 Å². The van der Waals surface area contributed by atoms with E-state index >= 15 is 0 Å². The van der Waals surface area contributed by atoms with Gasteiger partial charge in [-0.15, -0.1) is 0 Å². The largest absolute Gasteiger partial charge is 0.335 e. The summed E-state index contributed by atoms with van der Waals surface area (Å²) in [6.45, 7) is 6.25. The second-order valence-electron chi connectivity index (χ2n) is 7.87.